The fourth-order valence-electron chi connectivity index (χ4n) is 1.56. The Labute approximate surface area is 118 Å². The predicted molar refractivity (Wildman–Crippen MR) is 71.6 cm³/mol. The molecule has 1 atom stereocenters. The average Bonchev–Trinajstić information content (AvgIpc) is 3.06. The van der Waals surface area contributed by atoms with E-state index in [1.54, 1.807) is 18.4 Å². The molecule has 7 nitrogen and oxygen atoms in total. The van der Waals surface area contributed by atoms with Crippen molar-refractivity contribution in [1.82, 2.24) is 5.32 Å². The lowest BCUT2D eigenvalue weighted by Crippen LogP contribution is -2.38. The Morgan fingerprint density at radius 3 is 2.85 bits per heavy atom. The lowest BCUT2D eigenvalue weighted by Gasteiger charge is -2.22. The second-order valence-corrected chi connectivity index (χ2v) is 5.14. The number of carbonyl (C=O) groups excluding carboxylic acids is 1. The molecule has 106 valence electrons. The van der Waals surface area contributed by atoms with Crippen LogP contribution in [-0.4, -0.2) is 22.5 Å². The zero-order valence-corrected chi connectivity index (χ0v) is 11.3. The molecule has 0 bridgehead atoms. The number of thiophene rings is 1. The number of furan rings is 1. The van der Waals surface area contributed by atoms with E-state index in [-0.39, 0.29) is 12.3 Å². The van der Waals surface area contributed by atoms with Crippen LogP contribution in [0.1, 0.15) is 23.0 Å². The molecule has 0 aliphatic heterocycles. The highest BCUT2D eigenvalue weighted by Gasteiger charge is 2.25. The number of rotatable bonds is 5. The van der Waals surface area contributed by atoms with E-state index in [0.717, 1.165) is 6.07 Å². The summed E-state index contributed by atoms with van der Waals surface area (Å²) in [7, 11) is 0. The van der Waals surface area contributed by atoms with Crippen molar-refractivity contribution in [2.24, 2.45) is 0 Å². The van der Waals surface area contributed by atoms with Gasteiger partial charge in [0, 0.05) is 0 Å². The summed E-state index contributed by atoms with van der Waals surface area (Å²) in [6.07, 6.45) is 0. The van der Waals surface area contributed by atoms with E-state index in [1.807, 2.05) is 5.38 Å². The van der Waals surface area contributed by atoms with Crippen LogP contribution < -0.4 is 5.32 Å². The molecular formula is C12H12N2O5S. The number of nitro groups is 1. The Morgan fingerprint density at radius 1 is 1.55 bits per heavy atom. The predicted octanol–water partition coefficient (Wildman–Crippen LogP) is 1.89. The van der Waals surface area contributed by atoms with E-state index < -0.39 is 22.3 Å². The first-order valence-electron chi connectivity index (χ1n) is 5.67. The van der Waals surface area contributed by atoms with Gasteiger partial charge in [-0.05, 0) is 35.4 Å². The molecule has 2 rings (SSSR count). The summed E-state index contributed by atoms with van der Waals surface area (Å²) in [6.45, 7) is 1.54. The Bertz CT molecular complexity index is 618. The molecule has 2 heterocycles. The molecule has 20 heavy (non-hydrogen) atoms. The van der Waals surface area contributed by atoms with Crippen LogP contribution in [0.3, 0.4) is 0 Å². The van der Waals surface area contributed by atoms with Gasteiger partial charge in [0.1, 0.15) is 10.5 Å². The molecule has 0 saturated heterocycles. The number of nitrogens with one attached hydrogen (secondary N) is 1. The standard InChI is InChI=1S/C12H12N2O5S/c1-12(16,8-4-5-20-6-8)7-13-11(15)9-2-3-10(19-9)14(17)18/h2-6,16H,7H2,1H3,(H,13,15)/t12-/m1/s1. The van der Waals surface area contributed by atoms with E-state index in [0.29, 0.717) is 5.56 Å². The molecule has 0 aromatic carbocycles. The summed E-state index contributed by atoms with van der Waals surface area (Å²) in [5, 5.41) is 26.7. The maximum absolute atomic E-state index is 11.8. The van der Waals surface area contributed by atoms with Crippen LogP contribution in [0.15, 0.2) is 33.4 Å². The maximum atomic E-state index is 11.8. The summed E-state index contributed by atoms with van der Waals surface area (Å²) in [4.78, 5) is 21.5. The molecule has 0 unspecified atom stereocenters. The van der Waals surface area contributed by atoms with Crippen LogP contribution in [0.25, 0.3) is 0 Å². The van der Waals surface area contributed by atoms with Crippen LogP contribution in [-0.2, 0) is 5.60 Å². The van der Waals surface area contributed by atoms with Crippen LogP contribution in [0.2, 0.25) is 0 Å². The van der Waals surface area contributed by atoms with Gasteiger partial charge in [-0.15, -0.1) is 0 Å². The summed E-state index contributed by atoms with van der Waals surface area (Å²) in [6, 6.07) is 4.08. The van der Waals surface area contributed by atoms with Gasteiger partial charge < -0.3 is 14.8 Å². The zero-order valence-electron chi connectivity index (χ0n) is 10.5. The van der Waals surface area contributed by atoms with Crippen molar-refractivity contribution < 1.29 is 19.2 Å². The quantitative estimate of drug-likeness (QED) is 0.647. The van der Waals surface area contributed by atoms with Crippen LogP contribution >= 0.6 is 11.3 Å². The number of hydrogen-bond acceptors (Lipinski definition) is 6. The van der Waals surface area contributed by atoms with Crippen molar-refractivity contribution in [3.05, 3.63) is 50.4 Å². The second-order valence-electron chi connectivity index (χ2n) is 4.36. The van der Waals surface area contributed by atoms with Gasteiger partial charge in [-0.2, -0.15) is 11.3 Å². The normalized spacial score (nSPS) is 13.7. The van der Waals surface area contributed by atoms with E-state index in [2.05, 4.69) is 5.32 Å². The van der Waals surface area contributed by atoms with Gasteiger partial charge >= 0.3 is 5.88 Å². The van der Waals surface area contributed by atoms with Gasteiger partial charge in [-0.1, -0.05) is 0 Å². The smallest absolute Gasteiger partial charge is 0.395 e. The minimum absolute atomic E-state index is 0.0307. The van der Waals surface area contributed by atoms with Crippen molar-refractivity contribution in [2.75, 3.05) is 6.54 Å². The van der Waals surface area contributed by atoms with Crippen molar-refractivity contribution >= 4 is 23.1 Å². The minimum Gasteiger partial charge on any atom is -0.395 e. The molecule has 0 aliphatic rings. The molecule has 2 aromatic rings. The van der Waals surface area contributed by atoms with E-state index in [1.165, 1.54) is 17.4 Å². The van der Waals surface area contributed by atoms with E-state index in [9.17, 15) is 20.0 Å². The van der Waals surface area contributed by atoms with Crippen molar-refractivity contribution in [1.29, 1.82) is 0 Å². The van der Waals surface area contributed by atoms with Crippen molar-refractivity contribution in [3.63, 3.8) is 0 Å². The Morgan fingerprint density at radius 2 is 2.30 bits per heavy atom. The van der Waals surface area contributed by atoms with E-state index in [4.69, 9.17) is 4.42 Å². The molecule has 0 saturated carbocycles. The Balaban J connectivity index is 1.99. The monoisotopic (exact) mass is 296 g/mol. The van der Waals surface area contributed by atoms with Crippen molar-refractivity contribution in [3.8, 4) is 0 Å². The first-order chi connectivity index (χ1) is 9.40. The molecule has 1 amide bonds. The largest absolute Gasteiger partial charge is 0.433 e. The van der Waals surface area contributed by atoms with Crippen LogP contribution in [0.4, 0.5) is 5.88 Å². The fourth-order valence-corrected chi connectivity index (χ4v) is 2.34. The third-order valence-electron chi connectivity index (χ3n) is 2.73. The zero-order chi connectivity index (χ0) is 14.8. The van der Waals surface area contributed by atoms with Crippen LogP contribution in [0.5, 0.6) is 0 Å². The van der Waals surface area contributed by atoms with Gasteiger partial charge in [0.25, 0.3) is 5.91 Å². The molecule has 8 heteroatoms. The van der Waals surface area contributed by atoms with Gasteiger partial charge in [0.2, 0.25) is 0 Å². The molecule has 0 aliphatic carbocycles. The molecule has 0 fully saturated rings. The minimum atomic E-state index is -1.21. The van der Waals surface area contributed by atoms with Gasteiger partial charge in [-0.3, -0.25) is 14.9 Å². The lowest BCUT2D eigenvalue weighted by molar-refractivity contribution is -0.402. The number of nitrogens with zero attached hydrogens (tertiary/aromatic N) is 1. The SMILES string of the molecule is C[C@@](O)(CNC(=O)c1ccc([N+](=O)[O-])o1)c1ccsc1. The Kier molecular flexibility index (Phi) is 3.86. The molecular weight excluding hydrogens is 284 g/mol. The number of amides is 1. The average molecular weight is 296 g/mol. The van der Waals surface area contributed by atoms with E-state index >= 15 is 0 Å². The molecule has 2 N–H and O–H groups in total. The Hall–Kier alpha value is -2.19. The fraction of sp³-hybridized carbons (Fsp3) is 0.250. The van der Waals surface area contributed by atoms with Crippen LogP contribution in [0, 0.1) is 10.1 Å². The number of aliphatic hydroxyl groups is 1. The topological polar surface area (TPSA) is 106 Å². The van der Waals surface area contributed by atoms with Gasteiger partial charge in [0.05, 0.1) is 12.6 Å². The highest BCUT2D eigenvalue weighted by molar-refractivity contribution is 7.08. The van der Waals surface area contributed by atoms with Gasteiger partial charge in [0.15, 0.2) is 5.76 Å². The third-order valence-corrected chi connectivity index (χ3v) is 3.42. The summed E-state index contributed by atoms with van der Waals surface area (Å²) >= 11 is 1.44. The molecule has 0 radical (unpaired) electrons. The lowest BCUT2D eigenvalue weighted by atomic mass is 9.99. The van der Waals surface area contributed by atoms with Crippen molar-refractivity contribution in [2.45, 2.75) is 12.5 Å². The highest BCUT2D eigenvalue weighted by atomic mass is 32.1. The second kappa shape index (κ2) is 5.43. The first kappa shape index (κ1) is 14.2. The number of hydrogen-bond donors (Lipinski definition) is 2. The number of carbonyl (C=O) groups is 1. The summed E-state index contributed by atoms with van der Waals surface area (Å²) in [5.41, 5.74) is -0.526. The molecule has 2 aromatic heterocycles. The molecule has 0 spiro atoms. The summed E-state index contributed by atoms with van der Waals surface area (Å²) in [5.74, 6) is -1.29. The van der Waals surface area contributed by atoms with Gasteiger partial charge in [-0.25, -0.2) is 0 Å². The summed E-state index contributed by atoms with van der Waals surface area (Å²) < 4.78 is 4.77. The third kappa shape index (κ3) is 3.03. The maximum Gasteiger partial charge on any atom is 0.433 e. The highest BCUT2D eigenvalue weighted by Crippen LogP contribution is 2.22. The first-order valence-corrected chi connectivity index (χ1v) is 6.62.